The molecule has 1 aliphatic heterocycles. The van der Waals surface area contributed by atoms with Crippen molar-refractivity contribution in [2.24, 2.45) is 5.92 Å². The van der Waals surface area contributed by atoms with Crippen LogP contribution in [0.1, 0.15) is 19.3 Å². The highest BCUT2D eigenvalue weighted by Crippen LogP contribution is 2.21. The minimum Gasteiger partial charge on any atom is -0.234 e. The van der Waals surface area contributed by atoms with Crippen molar-refractivity contribution in [1.82, 2.24) is 4.31 Å². The van der Waals surface area contributed by atoms with Gasteiger partial charge in [0.2, 0.25) is 10.0 Å². The maximum atomic E-state index is 11.2. The van der Waals surface area contributed by atoms with Gasteiger partial charge in [-0.2, -0.15) is 0 Å². The molecule has 0 radical (unpaired) electrons. The summed E-state index contributed by atoms with van der Waals surface area (Å²) in [6.07, 6.45) is 5.12. The van der Waals surface area contributed by atoms with E-state index in [0.29, 0.717) is 19.0 Å². The number of hydrogen-bond donors (Lipinski definition) is 0. The summed E-state index contributed by atoms with van der Waals surface area (Å²) in [5.74, 6) is 2.19. The molecule has 0 aliphatic carbocycles. The first kappa shape index (κ1) is 11.4. The Bertz CT molecular complexity index is 322. The van der Waals surface area contributed by atoms with Gasteiger partial charge in [0.15, 0.2) is 0 Å². The summed E-state index contributed by atoms with van der Waals surface area (Å²) in [7, 11) is -3.02. The molecule has 1 heterocycles. The van der Waals surface area contributed by atoms with Gasteiger partial charge in [-0.05, 0) is 25.2 Å². The minimum absolute atomic E-state index is 0.439. The van der Waals surface area contributed by atoms with E-state index in [-0.39, 0.29) is 0 Å². The van der Waals surface area contributed by atoms with E-state index in [0.717, 1.165) is 19.3 Å². The molecule has 0 aromatic heterocycles. The van der Waals surface area contributed by atoms with Gasteiger partial charge >= 0.3 is 0 Å². The first-order chi connectivity index (χ1) is 6.54. The molecule has 14 heavy (non-hydrogen) atoms. The van der Waals surface area contributed by atoms with Crippen molar-refractivity contribution in [3.63, 3.8) is 0 Å². The molecule has 0 spiro atoms. The molecule has 0 saturated carbocycles. The third-order valence-corrected chi connectivity index (χ3v) is 3.88. The van der Waals surface area contributed by atoms with Crippen LogP contribution in [0.5, 0.6) is 0 Å². The first-order valence-corrected chi connectivity index (χ1v) is 6.53. The SMILES string of the molecule is CS(=O)(=O)N1CCC(CC=C=O)CC1. The Balaban J connectivity index is 2.42. The monoisotopic (exact) mass is 217 g/mol. The zero-order valence-corrected chi connectivity index (χ0v) is 9.09. The molecule has 80 valence electrons. The summed E-state index contributed by atoms with van der Waals surface area (Å²) in [5.41, 5.74) is 0. The number of hydrogen-bond acceptors (Lipinski definition) is 3. The molecule has 0 N–H and O–H groups in total. The standard InChI is InChI=1S/C9H15NO3S/c1-14(12,13)10-6-4-9(5-7-10)3-2-8-11/h2,9H,3-7H2,1H3. The van der Waals surface area contributed by atoms with Crippen LogP contribution < -0.4 is 0 Å². The van der Waals surface area contributed by atoms with Crippen molar-refractivity contribution in [2.45, 2.75) is 19.3 Å². The lowest BCUT2D eigenvalue weighted by molar-refractivity contribution is 0.277. The van der Waals surface area contributed by atoms with Crippen molar-refractivity contribution in [3.8, 4) is 0 Å². The molecule has 1 aliphatic rings. The van der Waals surface area contributed by atoms with Gasteiger partial charge in [-0.15, -0.1) is 0 Å². The smallest absolute Gasteiger partial charge is 0.211 e. The molecule has 5 heteroatoms. The predicted octanol–water partition coefficient (Wildman–Crippen LogP) is 0.436. The van der Waals surface area contributed by atoms with E-state index >= 15 is 0 Å². The summed E-state index contributed by atoms with van der Waals surface area (Å²) in [6.45, 7) is 1.16. The van der Waals surface area contributed by atoms with Crippen molar-refractivity contribution in [3.05, 3.63) is 6.08 Å². The molecule has 4 nitrogen and oxygen atoms in total. The quantitative estimate of drug-likeness (QED) is 0.644. The minimum atomic E-state index is -3.02. The third-order valence-electron chi connectivity index (χ3n) is 2.58. The molecular formula is C9H15NO3S. The normalized spacial score (nSPS) is 20.4. The molecule has 0 atom stereocenters. The zero-order chi connectivity index (χ0) is 10.6. The van der Waals surface area contributed by atoms with Gasteiger partial charge in [0, 0.05) is 19.2 Å². The molecule has 0 aromatic rings. The molecular weight excluding hydrogens is 202 g/mol. The van der Waals surface area contributed by atoms with E-state index in [1.807, 2.05) is 0 Å². The fourth-order valence-corrected chi connectivity index (χ4v) is 2.57. The number of sulfonamides is 1. The summed E-state index contributed by atoms with van der Waals surface area (Å²) in [6, 6.07) is 0. The summed E-state index contributed by atoms with van der Waals surface area (Å²) >= 11 is 0. The van der Waals surface area contributed by atoms with Crippen molar-refractivity contribution in [1.29, 1.82) is 0 Å². The van der Waals surface area contributed by atoms with Gasteiger partial charge in [-0.25, -0.2) is 17.5 Å². The van der Waals surface area contributed by atoms with Crippen LogP contribution in [0.3, 0.4) is 0 Å². The third kappa shape index (κ3) is 3.25. The van der Waals surface area contributed by atoms with Gasteiger partial charge < -0.3 is 0 Å². The number of carbonyl (C=O) groups excluding carboxylic acids is 1. The largest absolute Gasteiger partial charge is 0.234 e. The fraction of sp³-hybridized carbons (Fsp3) is 0.778. The van der Waals surface area contributed by atoms with Crippen LogP contribution >= 0.6 is 0 Å². The lowest BCUT2D eigenvalue weighted by atomic mass is 9.95. The summed E-state index contributed by atoms with van der Waals surface area (Å²) in [5, 5.41) is 0. The number of piperidine rings is 1. The van der Waals surface area contributed by atoms with Crippen LogP contribution in [0.2, 0.25) is 0 Å². The average molecular weight is 217 g/mol. The highest BCUT2D eigenvalue weighted by atomic mass is 32.2. The second-order valence-electron chi connectivity index (χ2n) is 3.66. The molecule has 1 saturated heterocycles. The molecule has 1 fully saturated rings. The second kappa shape index (κ2) is 4.73. The van der Waals surface area contributed by atoms with Crippen LogP contribution in [-0.2, 0) is 14.8 Å². The fourth-order valence-electron chi connectivity index (χ4n) is 1.69. The average Bonchev–Trinajstić information content (AvgIpc) is 2.14. The van der Waals surface area contributed by atoms with Crippen LogP contribution in [0.25, 0.3) is 0 Å². The highest BCUT2D eigenvalue weighted by molar-refractivity contribution is 7.88. The highest BCUT2D eigenvalue weighted by Gasteiger charge is 2.23. The van der Waals surface area contributed by atoms with Crippen LogP contribution in [0.15, 0.2) is 6.08 Å². The number of rotatable bonds is 3. The summed E-state index contributed by atoms with van der Waals surface area (Å²) in [4.78, 5) is 9.98. The van der Waals surface area contributed by atoms with Gasteiger partial charge in [0.05, 0.1) is 6.26 Å². The van der Waals surface area contributed by atoms with Gasteiger partial charge in [-0.1, -0.05) is 0 Å². The Morgan fingerprint density at radius 3 is 2.43 bits per heavy atom. The number of allylic oxidation sites excluding steroid dienone is 1. The lowest BCUT2D eigenvalue weighted by Crippen LogP contribution is -2.37. The van der Waals surface area contributed by atoms with Gasteiger partial charge in [0.25, 0.3) is 0 Å². The molecule has 0 amide bonds. The molecule has 0 unspecified atom stereocenters. The molecule has 0 bridgehead atoms. The maximum Gasteiger partial charge on any atom is 0.211 e. The zero-order valence-electron chi connectivity index (χ0n) is 8.27. The lowest BCUT2D eigenvalue weighted by Gasteiger charge is -2.29. The van der Waals surface area contributed by atoms with Crippen molar-refractivity contribution >= 4 is 16.0 Å². The van der Waals surface area contributed by atoms with Crippen molar-refractivity contribution in [2.75, 3.05) is 19.3 Å². The van der Waals surface area contributed by atoms with Crippen LogP contribution in [0, 0.1) is 5.92 Å². The Morgan fingerprint density at radius 2 is 2.00 bits per heavy atom. The first-order valence-electron chi connectivity index (χ1n) is 4.68. The Labute approximate surface area is 84.6 Å². The van der Waals surface area contributed by atoms with E-state index in [9.17, 15) is 13.2 Å². The van der Waals surface area contributed by atoms with Gasteiger partial charge in [-0.3, -0.25) is 0 Å². The molecule has 0 aromatic carbocycles. The van der Waals surface area contributed by atoms with E-state index in [4.69, 9.17) is 0 Å². The van der Waals surface area contributed by atoms with Crippen molar-refractivity contribution < 1.29 is 13.2 Å². The van der Waals surface area contributed by atoms with E-state index in [1.165, 1.54) is 16.6 Å². The Kier molecular flexibility index (Phi) is 3.86. The van der Waals surface area contributed by atoms with E-state index in [1.54, 1.807) is 5.94 Å². The van der Waals surface area contributed by atoms with Crippen LogP contribution in [0.4, 0.5) is 0 Å². The van der Waals surface area contributed by atoms with Crippen LogP contribution in [-0.4, -0.2) is 38.0 Å². The van der Waals surface area contributed by atoms with E-state index < -0.39 is 10.0 Å². The number of nitrogens with zero attached hydrogens (tertiary/aromatic N) is 1. The second-order valence-corrected chi connectivity index (χ2v) is 5.65. The van der Waals surface area contributed by atoms with E-state index in [2.05, 4.69) is 0 Å². The topological polar surface area (TPSA) is 54.5 Å². The molecule has 1 rings (SSSR count). The predicted molar refractivity (Wildman–Crippen MR) is 54.0 cm³/mol. The maximum absolute atomic E-state index is 11.2. The summed E-state index contributed by atoms with van der Waals surface area (Å²) < 4.78 is 23.8. The Morgan fingerprint density at radius 1 is 1.43 bits per heavy atom. The Hall–Kier alpha value is -0.640. The van der Waals surface area contributed by atoms with Gasteiger partial charge in [0.1, 0.15) is 5.94 Å².